The molecule has 1 unspecified atom stereocenters. The quantitative estimate of drug-likeness (QED) is 0.586. The summed E-state index contributed by atoms with van der Waals surface area (Å²) in [6, 6.07) is 0. The van der Waals surface area contributed by atoms with Gasteiger partial charge in [0.2, 0.25) is 5.91 Å². The molecule has 0 saturated carbocycles. The van der Waals surface area contributed by atoms with Gasteiger partial charge in [-0.1, -0.05) is 13.8 Å². The summed E-state index contributed by atoms with van der Waals surface area (Å²) in [7, 11) is 0. The van der Waals surface area contributed by atoms with Gasteiger partial charge >= 0.3 is 0 Å². The Morgan fingerprint density at radius 3 is 2.05 bits per heavy atom. The minimum absolute atomic E-state index is 0.180. The van der Waals surface area contributed by atoms with Gasteiger partial charge in [0, 0.05) is 25.2 Å². The van der Waals surface area contributed by atoms with E-state index in [4.69, 9.17) is 0 Å². The second-order valence-electron chi connectivity index (χ2n) is 4.34. The maximum Gasteiger partial charge on any atom is 0.285 e. The van der Waals surface area contributed by atoms with Crippen molar-refractivity contribution in [2.75, 3.05) is 0 Å². The number of alkyl halides is 1. The van der Waals surface area contributed by atoms with Crippen LogP contribution in [0.2, 0.25) is 0 Å². The smallest absolute Gasteiger partial charge is 0.285 e. The van der Waals surface area contributed by atoms with Crippen LogP contribution < -0.4 is 5.32 Å². The van der Waals surface area contributed by atoms with E-state index in [2.05, 4.69) is 9.97 Å². The standard InChI is InChI=1S/C11H7FN4O4.C2H6/c12-11(2-1-5(17)15-10(11)20)16-8(18)6-7(9(16)19)14-4-3-13-6;1-2/h3-4H,1-2H2,(H,15,17,20);1-2H3. The summed E-state index contributed by atoms with van der Waals surface area (Å²) in [5, 5.41) is 1.77. The monoisotopic (exact) mass is 308 g/mol. The highest BCUT2D eigenvalue weighted by Gasteiger charge is 2.57. The zero-order chi connectivity index (χ0) is 16.5. The highest BCUT2D eigenvalue weighted by Crippen LogP contribution is 2.33. The van der Waals surface area contributed by atoms with Crippen LogP contribution >= 0.6 is 0 Å². The Kier molecular flexibility index (Phi) is 3.98. The molecule has 116 valence electrons. The second-order valence-corrected chi connectivity index (χ2v) is 4.34. The molecule has 2 aliphatic rings. The third-order valence-corrected chi connectivity index (χ3v) is 3.15. The van der Waals surface area contributed by atoms with Crippen molar-refractivity contribution >= 4 is 23.6 Å². The van der Waals surface area contributed by atoms with Crippen molar-refractivity contribution in [2.24, 2.45) is 0 Å². The van der Waals surface area contributed by atoms with Crippen LogP contribution in [0.1, 0.15) is 47.7 Å². The number of carbonyl (C=O) groups is 4. The summed E-state index contributed by atoms with van der Waals surface area (Å²) >= 11 is 0. The van der Waals surface area contributed by atoms with Crippen LogP contribution in [0, 0.1) is 0 Å². The number of nitrogens with zero attached hydrogens (tertiary/aromatic N) is 3. The number of hydrogen-bond acceptors (Lipinski definition) is 6. The maximum absolute atomic E-state index is 14.8. The van der Waals surface area contributed by atoms with E-state index in [1.165, 1.54) is 12.4 Å². The van der Waals surface area contributed by atoms with Crippen LogP contribution in [0.3, 0.4) is 0 Å². The molecule has 3 rings (SSSR count). The number of hydrogen-bond donors (Lipinski definition) is 1. The van der Waals surface area contributed by atoms with Crippen LogP contribution in [0.4, 0.5) is 4.39 Å². The first-order valence-electron chi connectivity index (χ1n) is 6.68. The van der Waals surface area contributed by atoms with Crippen molar-refractivity contribution in [3.63, 3.8) is 0 Å². The molecule has 9 heteroatoms. The lowest BCUT2D eigenvalue weighted by atomic mass is 10.0. The van der Waals surface area contributed by atoms with Crippen molar-refractivity contribution in [1.82, 2.24) is 20.2 Å². The Morgan fingerprint density at radius 2 is 1.59 bits per heavy atom. The molecule has 2 aliphatic heterocycles. The summed E-state index contributed by atoms with van der Waals surface area (Å²) in [4.78, 5) is 54.3. The number of halogens is 1. The molecule has 1 saturated heterocycles. The predicted molar refractivity (Wildman–Crippen MR) is 70.1 cm³/mol. The number of piperidine rings is 1. The van der Waals surface area contributed by atoms with Gasteiger partial charge in [-0.25, -0.2) is 19.3 Å². The molecule has 0 aliphatic carbocycles. The number of carbonyl (C=O) groups excluding carboxylic acids is 4. The van der Waals surface area contributed by atoms with Gasteiger partial charge in [-0.2, -0.15) is 0 Å². The van der Waals surface area contributed by atoms with Crippen LogP contribution in [-0.4, -0.2) is 44.3 Å². The van der Waals surface area contributed by atoms with Gasteiger partial charge < -0.3 is 0 Å². The molecule has 1 aromatic rings. The lowest BCUT2D eigenvalue weighted by Crippen LogP contribution is -2.62. The zero-order valence-corrected chi connectivity index (χ0v) is 11.9. The van der Waals surface area contributed by atoms with E-state index in [9.17, 15) is 23.6 Å². The minimum Gasteiger partial charge on any atom is -0.292 e. The molecule has 0 bridgehead atoms. The maximum atomic E-state index is 14.8. The lowest BCUT2D eigenvalue weighted by molar-refractivity contribution is -0.151. The fourth-order valence-electron chi connectivity index (χ4n) is 2.17. The summed E-state index contributed by atoms with van der Waals surface area (Å²) < 4.78 is 14.8. The summed E-state index contributed by atoms with van der Waals surface area (Å²) in [6.45, 7) is 4.00. The Morgan fingerprint density at radius 1 is 1.09 bits per heavy atom. The largest absolute Gasteiger partial charge is 0.292 e. The molecule has 4 amide bonds. The molecule has 1 fully saturated rings. The minimum atomic E-state index is -2.90. The van der Waals surface area contributed by atoms with Gasteiger partial charge in [-0.15, -0.1) is 0 Å². The molecule has 0 radical (unpaired) electrons. The van der Waals surface area contributed by atoms with E-state index in [0.717, 1.165) is 0 Å². The van der Waals surface area contributed by atoms with E-state index in [0.29, 0.717) is 0 Å². The molecule has 0 aromatic carbocycles. The summed E-state index contributed by atoms with van der Waals surface area (Å²) in [5.41, 5.74) is -0.613. The first kappa shape index (κ1) is 15.7. The first-order valence-corrected chi connectivity index (χ1v) is 6.68. The van der Waals surface area contributed by atoms with Crippen molar-refractivity contribution in [3.8, 4) is 0 Å². The number of fused-ring (bicyclic) bond motifs is 1. The summed E-state index contributed by atoms with van der Waals surface area (Å²) in [5.74, 6) is -6.96. The predicted octanol–water partition coefficient (Wildman–Crippen LogP) is 0.201. The Labute approximate surface area is 124 Å². The highest BCUT2D eigenvalue weighted by molar-refractivity contribution is 6.22. The lowest BCUT2D eigenvalue weighted by Gasteiger charge is -2.33. The molecule has 3 heterocycles. The number of nitrogens with one attached hydrogen (secondary N) is 1. The molecule has 0 spiro atoms. The number of imide groups is 2. The Hall–Kier alpha value is -2.71. The van der Waals surface area contributed by atoms with Crippen molar-refractivity contribution in [3.05, 3.63) is 23.8 Å². The average Bonchev–Trinajstić information content (AvgIpc) is 2.78. The first-order chi connectivity index (χ1) is 10.4. The second kappa shape index (κ2) is 5.58. The molecular formula is C13H13FN4O4. The topological polar surface area (TPSA) is 109 Å². The van der Waals surface area contributed by atoms with Crippen molar-refractivity contribution in [1.29, 1.82) is 0 Å². The van der Waals surface area contributed by atoms with Crippen LogP contribution in [0.25, 0.3) is 0 Å². The highest BCUT2D eigenvalue weighted by atomic mass is 19.1. The third kappa shape index (κ3) is 2.14. The normalized spacial score (nSPS) is 23.7. The molecule has 1 aromatic heterocycles. The fraction of sp³-hybridized carbons (Fsp3) is 0.385. The molecule has 22 heavy (non-hydrogen) atoms. The molecular weight excluding hydrogens is 295 g/mol. The third-order valence-electron chi connectivity index (χ3n) is 3.15. The van der Waals surface area contributed by atoms with Gasteiger partial charge in [0.1, 0.15) is 0 Å². The number of aromatic nitrogens is 2. The Balaban J connectivity index is 0.000000847. The van der Waals surface area contributed by atoms with E-state index in [-0.39, 0.29) is 22.7 Å². The molecule has 1 N–H and O–H groups in total. The Bertz CT molecular complexity index is 643. The summed E-state index contributed by atoms with van der Waals surface area (Å²) in [6.07, 6.45) is 1.48. The van der Waals surface area contributed by atoms with Gasteiger partial charge in [0.25, 0.3) is 23.5 Å². The molecule has 1 atom stereocenters. The van der Waals surface area contributed by atoms with Crippen molar-refractivity contribution < 1.29 is 23.6 Å². The van der Waals surface area contributed by atoms with Crippen LogP contribution in [0.15, 0.2) is 12.4 Å². The van der Waals surface area contributed by atoms with E-state index >= 15 is 0 Å². The van der Waals surface area contributed by atoms with Gasteiger partial charge in [-0.05, 0) is 0 Å². The SMILES string of the molecule is CC.O=C1CCC(F)(N2C(=O)c3nccnc3C2=O)C(=O)N1. The van der Waals surface area contributed by atoms with Gasteiger partial charge in [0.05, 0.1) is 0 Å². The number of rotatable bonds is 1. The van der Waals surface area contributed by atoms with Gasteiger partial charge in [-0.3, -0.25) is 24.5 Å². The average molecular weight is 308 g/mol. The van der Waals surface area contributed by atoms with Crippen LogP contribution in [-0.2, 0) is 9.59 Å². The van der Waals surface area contributed by atoms with Crippen molar-refractivity contribution in [2.45, 2.75) is 32.5 Å². The number of amides is 4. The fourth-order valence-corrected chi connectivity index (χ4v) is 2.17. The van der Waals surface area contributed by atoms with E-state index in [1.54, 1.807) is 5.32 Å². The van der Waals surface area contributed by atoms with Crippen LogP contribution in [0.5, 0.6) is 0 Å². The van der Waals surface area contributed by atoms with E-state index < -0.39 is 35.8 Å². The zero-order valence-electron chi connectivity index (χ0n) is 11.9. The van der Waals surface area contributed by atoms with E-state index in [1.807, 2.05) is 13.8 Å². The molecule has 8 nitrogen and oxygen atoms in total. The van der Waals surface area contributed by atoms with Gasteiger partial charge in [0.15, 0.2) is 11.4 Å².